The summed E-state index contributed by atoms with van der Waals surface area (Å²) in [5, 5.41) is 0. The lowest BCUT2D eigenvalue weighted by Crippen LogP contribution is -2.41. The smallest absolute Gasteiger partial charge is 0.301 e. The summed E-state index contributed by atoms with van der Waals surface area (Å²) in [6, 6.07) is 13.1. The van der Waals surface area contributed by atoms with Gasteiger partial charge in [-0.1, -0.05) is 30.3 Å². The van der Waals surface area contributed by atoms with Crippen LogP contribution in [0, 0.1) is 6.92 Å². The second-order valence-corrected chi connectivity index (χ2v) is 8.99. The number of hydrogen-bond acceptors (Lipinski definition) is 6. The van der Waals surface area contributed by atoms with E-state index in [4.69, 9.17) is 9.47 Å². The van der Waals surface area contributed by atoms with Crippen LogP contribution < -0.4 is 18.9 Å². The Bertz CT molecular complexity index is 1030. The van der Waals surface area contributed by atoms with Gasteiger partial charge in [-0.3, -0.25) is 9.59 Å². The van der Waals surface area contributed by atoms with Gasteiger partial charge in [-0.05, 0) is 37.5 Å². The molecule has 2 aromatic rings. The number of methoxy groups -OCH3 is 2. The highest BCUT2D eigenvalue weighted by Gasteiger charge is 2.21. The number of ether oxygens (including phenoxy) is 2. The van der Waals surface area contributed by atoms with Crippen LogP contribution in [0.3, 0.4) is 0 Å². The Labute approximate surface area is 195 Å². The quantitative estimate of drug-likeness (QED) is 0.484. The lowest BCUT2D eigenvalue weighted by atomic mass is 10.1. The largest absolute Gasteiger partial charge is 0.496 e. The maximum Gasteiger partial charge on any atom is 0.301 e. The zero-order chi connectivity index (χ0) is 24.4. The topological polar surface area (TPSA) is 114 Å². The molecule has 0 heterocycles. The number of hydrogen-bond donors (Lipinski definition) is 2. The third kappa shape index (κ3) is 7.76. The summed E-state index contributed by atoms with van der Waals surface area (Å²) in [5.74, 6) is 0.0211. The van der Waals surface area contributed by atoms with Gasteiger partial charge in [0.25, 0.3) is 5.91 Å². The molecule has 2 amide bonds. The first kappa shape index (κ1) is 26.1. The molecular formula is C23H31N3O6S. The second-order valence-electron chi connectivity index (χ2n) is 7.37. The highest BCUT2D eigenvalue weighted by molar-refractivity contribution is 7.88. The summed E-state index contributed by atoms with van der Waals surface area (Å²) in [5.41, 5.74) is 2.27. The summed E-state index contributed by atoms with van der Waals surface area (Å²) < 4.78 is 37.8. The van der Waals surface area contributed by atoms with Crippen LogP contribution in [-0.2, 0) is 21.4 Å². The number of nitrogens with zero attached hydrogens (tertiary/aromatic N) is 1. The fourth-order valence-electron chi connectivity index (χ4n) is 3.31. The van der Waals surface area contributed by atoms with Crippen LogP contribution in [-0.4, -0.2) is 59.5 Å². The van der Waals surface area contributed by atoms with E-state index in [1.54, 1.807) is 12.1 Å². The van der Waals surface area contributed by atoms with Crippen LogP contribution >= 0.6 is 0 Å². The van der Waals surface area contributed by atoms with E-state index in [0.717, 1.165) is 17.5 Å². The predicted molar refractivity (Wildman–Crippen MR) is 126 cm³/mol. The van der Waals surface area contributed by atoms with Crippen molar-refractivity contribution in [2.75, 3.05) is 34.4 Å². The molecule has 10 heteroatoms. The Morgan fingerprint density at radius 2 is 1.61 bits per heavy atom. The molecule has 0 radical (unpaired) electrons. The van der Waals surface area contributed by atoms with Crippen LogP contribution in [0.15, 0.2) is 42.5 Å². The van der Waals surface area contributed by atoms with Gasteiger partial charge in [0.1, 0.15) is 11.5 Å². The number of rotatable bonds is 12. The molecule has 0 saturated heterocycles. The van der Waals surface area contributed by atoms with Gasteiger partial charge in [-0.25, -0.2) is 9.44 Å². The molecule has 0 bridgehead atoms. The highest BCUT2D eigenvalue weighted by atomic mass is 32.2. The van der Waals surface area contributed by atoms with Gasteiger partial charge in [0.2, 0.25) is 5.91 Å². The molecule has 9 nitrogen and oxygen atoms in total. The predicted octanol–water partition coefficient (Wildman–Crippen LogP) is 2.06. The molecule has 2 rings (SSSR count). The van der Waals surface area contributed by atoms with Crippen molar-refractivity contribution in [2.45, 2.75) is 26.2 Å². The monoisotopic (exact) mass is 477 g/mol. The van der Waals surface area contributed by atoms with Crippen LogP contribution in [0.5, 0.6) is 11.5 Å². The molecular weight excluding hydrogens is 446 g/mol. The Morgan fingerprint density at radius 1 is 1.00 bits per heavy atom. The van der Waals surface area contributed by atoms with Gasteiger partial charge in [-0.2, -0.15) is 8.42 Å². The standard InChI is InChI=1S/C23H31N3O6S/c1-17-20(31-3)15-19(16-21(17)32-4)23(28)26(13-8-11-18-9-6-5-7-10-18)14-12-22(27)25-33(29,30)24-2/h5-7,9-10,15-16,24H,8,11-14H2,1-4H3,(H,25,27). The van der Waals surface area contributed by atoms with Gasteiger partial charge in [0.15, 0.2) is 0 Å². The summed E-state index contributed by atoms with van der Waals surface area (Å²) in [4.78, 5) is 27.0. The summed E-state index contributed by atoms with van der Waals surface area (Å²) >= 11 is 0. The first-order chi connectivity index (χ1) is 15.7. The van der Waals surface area contributed by atoms with Gasteiger partial charge < -0.3 is 14.4 Å². The number of amides is 2. The van der Waals surface area contributed by atoms with E-state index >= 15 is 0 Å². The van der Waals surface area contributed by atoms with Crippen molar-refractivity contribution in [3.05, 3.63) is 59.2 Å². The van der Waals surface area contributed by atoms with E-state index in [0.29, 0.717) is 30.0 Å². The summed E-state index contributed by atoms with van der Waals surface area (Å²) in [6.45, 7) is 2.27. The molecule has 0 aliphatic carbocycles. The lowest BCUT2D eigenvalue weighted by molar-refractivity contribution is -0.119. The van der Waals surface area contributed by atoms with Crippen molar-refractivity contribution in [3.8, 4) is 11.5 Å². The molecule has 0 unspecified atom stereocenters. The number of benzene rings is 2. The molecule has 180 valence electrons. The fraction of sp³-hybridized carbons (Fsp3) is 0.391. The van der Waals surface area contributed by atoms with E-state index in [2.05, 4.69) is 0 Å². The fourth-order valence-corrected chi connectivity index (χ4v) is 3.82. The number of carbonyl (C=O) groups excluding carboxylic acids is 2. The van der Waals surface area contributed by atoms with E-state index in [1.165, 1.54) is 26.2 Å². The molecule has 0 aromatic heterocycles. The third-order valence-electron chi connectivity index (χ3n) is 5.15. The van der Waals surface area contributed by atoms with Crippen LogP contribution in [0.2, 0.25) is 0 Å². The SMILES string of the molecule is CNS(=O)(=O)NC(=O)CCN(CCCc1ccccc1)C(=O)c1cc(OC)c(C)c(OC)c1. The minimum Gasteiger partial charge on any atom is -0.496 e. The second kappa shape index (κ2) is 12.2. The Morgan fingerprint density at radius 3 is 2.15 bits per heavy atom. The van der Waals surface area contributed by atoms with Crippen molar-refractivity contribution in [3.63, 3.8) is 0 Å². The van der Waals surface area contributed by atoms with Crippen molar-refractivity contribution in [2.24, 2.45) is 0 Å². The summed E-state index contributed by atoms with van der Waals surface area (Å²) in [6.07, 6.45) is 1.26. The van der Waals surface area contributed by atoms with Gasteiger partial charge in [0, 0.05) is 37.7 Å². The molecule has 0 fully saturated rings. The van der Waals surface area contributed by atoms with Crippen molar-refractivity contribution >= 4 is 22.0 Å². The van der Waals surface area contributed by atoms with E-state index < -0.39 is 16.1 Å². The molecule has 0 aliphatic rings. The van der Waals surface area contributed by atoms with Crippen LogP contribution in [0.1, 0.15) is 34.3 Å². The minimum absolute atomic E-state index is 0.0528. The van der Waals surface area contributed by atoms with Crippen LogP contribution in [0.4, 0.5) is 0 Å². The molecule has 2 aromatic carbocycles. The Hall–Kier alpha value is -3.11. The molecule has 2 N–H and O–H groups in total. The Kier molecular flexibility index (Phi) is 9.68. The number of aryl methyl sites for hydroxylation is 1. The van der Waals surface area contributed by atoms with Crippen molar-refractivity contribution < 1.29 is 27.5 Å². The van der Waals surface area contributed by atoms with Crippen LogP contribution in [0.25, 0.3) is 0 Å². The van der Waals surface area contributed by atoms with Crippen molar-refractivity contribution in [1.29, 1.82) is 0 Å². The first-order valence-electron chi connectivity index (χ1n) is 10.5. The van der Waals surface area contributed by atoms with E-state index in [1.807, 2.05) is 46.7 Å². The number of nitrogens with one attached hydrogen (secondary N) is 2. The van der Waals surface area contributed by atoms with Gasteiger partial charge >= 0.3 is 10.2 Å². The molecule has 0 aliphatic heterocycles. The average Bonchev–Trinajstić information content (AvgIpc) is 2.81. The normalized spacial score (nSPS) is 11.0. The first-order valence-corrected chi connectivity index (χ1v) is 12.0. The molecule has 0 spiro atoms. The summed E-state index contributed by atoms with van der Waals surface area (Å²) in [7, 11) is 0.329. The lowest BCUT2D eigenvalue weighted by Gasteiger charge is -2.23. The molecule has 0 atom stereocenters. The maximum absolute atomic E-state index is 13.3. The zero-order valence-corrected chi connectivity index (χ0v) is 20.2. The van der Waals surface area contributed by atoms with E-state index in [9.17, 15) is 18.0 Å². The van der Waals surface area contributed by atoms with E-state index in [-0.39, 0.29) is 18.9 Å². The Balaban J connectivity index is 2.19. The third-order valence-corrected chi connectivity index (χ3v) is 6.18. The zero-order valence-electron chi connectivity index (χ0n) is 19.4. The minimum atomic E-state index is -3.90. The highest BCUT2D eigenvalue weighted by Crippen LogP contribution is 2.30. The molecule has 33 heavy (non-hydrogen) atoms. The molecule has 0 saturated carbocycles. The van der Waals surface area contributed by atoms with Gasteiger partial charge in [0.05, 0.1) is 14.2 Å². The van der Waals surface area contributed by atoms with Crippen molar-refractivity contribution in [1.82, 2.24) is 14.3 Å². The number of carbonyl (C=O) groups is 2. The average molecular weight is 478 g/mol. The maximum atomic E-state index is 13.3. The van der Waals surface area contributed by atoms with Gasteiger partial charge in [-0.15, -0.1) is 0 Å².